The lowest BCUT2D eigenvalue weighted by Gasteiger charge is -2.33. The molecular formula is C15H29ClN2O4S. The molecule has 0 aliphatic heterocycles. The minimum Gasteiger partial charge on any atom is -0.444 e. The molecule has 8 heteroatoms. The van der Waals surface area contributed by atoms with Crippen LogP contribution in [0.5, 0.6) is 0 Å². The van der Waals surface area contributed by atoms with E-state index in [-0.39, 0.29) is 17.8 Å². The van der Waals surface area contributed by atoms with Crippen molar-refractivity contribution >= 4 is 27.7 Å². The number of hydrogen-bond donors (Lipinski definition) is 2. The Bertz CT molecular complexity index is 476. The molecule has 0 spiro atoms. The molecule has 0 saturated heterocycles. The molecule has 1 saturated carbocycles. The zero-order valence-electron chi connectivity index (χ0n) is 14.2. The number of ether oxygens (including phenoxy) is 1. The van der Waals surface area contributed by atoms with Crippen LogP contribution in [0.1, 0.15) is 59.3 Å². The minimum absolute atomic E-state index is 0.0649. The molecule has 2 unspecified atom stereocenters. The average molecular weight is 369 g/mol. The second-order valence-corrected chi connectivity index (χ2v) is 9.23. The summed E-state index contributed by atoms with van der Waals surface area (Å²) in [5, 5.41) is 2.81. The van der Waals surface area contributed by atoms with Crippen LogP contribution in [-0.2, 0) is 14.8 Å². The van der Waals surface area contributed by atoms with Gasteiger partial charge in [0.1, 0.15) is 5.60 Å². The summed E-state index contributed by atoms with van der Waals surface area (Å²) in [6.45, 7) is 5.39. The van der Waals surface area contributed by atoms with E-state index < -0.39 is 21.7 Å². The molecule has 0 radical (unpaired) electrons. The van der Waals surface area contributed by atoms with Gasteiger partial charge in [0, 0.05) is 18.0 Å². The Kier molecular flexibility index (Phi) is 8.10. The van der Waals surface area contributed by atoms with Gasteiger partial charge in [-0.1, -0.05) is 12.8 Å². The fraction of sp³-hybridized carbons (Fsp3) is 0.933. The summed E-state index contributed by atoms with van der Waals surface area (Å²) in [5.41, 5.74) is -0.574. The highest BCUT2D eigenvalue weighted by atomic mass is 35.5. The van der Waals surface area contributed by atoms with Crippen LogP contribution in [0.15, 0.2) is 0 Å². The van der Waals surface area contributed by atoms with Gasteiger partial charge in [-0.25, -0.2) is 17.9 Å². The summed E-state index contributed by atoms with van der Waals surface area (Å²) in [7, 11) is -3.36. The van der Waals surface area contributed by atoms with Crippen molar-refractivity contribution in [3.8, 4) is 0 Å². The zero-order chi connectivity index (χ0) is 17.5. The quantitative estimate of drug-likeness (QED) is 0.534. The van der Waals surface area contributed by atoms with E-state index in [4.69, 9.17) is 16.3 Å². The Morgan fingerprint density at radius 1 is 1.17 bits per heavy atom. The van der Waals surface area contributed by atoms with Crippen molar-refractivity contribution in [2.24, 2.45) is 0 Å². The van der Waals surface area contributed by atoms with Crippen LogP contribution in [0.2, 0.25) is 0 Å². The average Bonchev–Trinajstić information content (AvgIpc) is 2.38. The number of sulfonamides is 1. The normalized spacial score (nSPS) is 22.6. The number of alkyl carbamates (subject to hydrolysis) is 1. The van der Waals surface area contributed by atoms with E-state index >= 15 is 0 Å². The smallest absolute Gasteiger partial charge is 0.407 e. The first-order valence-electron chi connectivity index (χ1n) is 8.18. The molecule has 136 valence electrons. The molecule has 0 aromatic heterocycles. The summed E-state index contributed by atoms with van der Waals surface area (Å²) >= 11 is 5.58. The Morgan fingerprint density at radius 2 is 1.78 bits per heavy atom. The Balaban J connectivity index is 2.59. The van der Waals surface area contributed by atoms with Crippen LogP contribution < -0.4 is 10.0 Å². The molecule has 1 aliphatic rings. The third kappa shape index (κ3) is 8.77. The van der Waals surface area contributed by atoms with Gasteiger partial charge in [0.25, 0.3) is 0 Å². The van der Waals surface area contributed by atoms with Crippen molar-refractivity contribution in [1.82, 2.24) is 10.0 Å². The Hall–Kier alpha value is -0.530. The number of amides is 1. The van der Waals surface area contributed by atoms with E-state index in [0.717, 1.165) is 25.7 Å². The zero-order valence-corrected chi connectivity index (χ0v) is 15.8. The number of unbranched alkanes of at least 4 members (excludes halogenated alkanes) is 1. The fourth-order valence-electron chi connectivity index (χ4n) is 2.58. The molecule has 1 aliphatic carbocycles. The van der Waals surface area contributed by atoms with E-state index in [0.29, 0.717) is 18.7 Å². The van der Waals surface area contributed by atoms with Crippen LogP contribution in [0, 0.1) is 0 Å². The predicted octanol–water partition coefficient (Wildman–Crippen LogP) is 2.76. The van der Waals surface area contributed by atoms with Gasteiger partial charge in [0.2, 0.25) is 10.0 Å². The third-order valence-electron chi connectivity index (χ3n) is 3.60. The third-order valence-corrected chi connectivity index (χ3v) is 5.35. The highest BCUT2D eigenvalue weighted by Crippen LogP contribution is 2.20. The number of nitrogens with one attached hydrogen (secondary N) is 2. The molecular weight excluding hydrogens is 340 g/mol. The topological polar surface area (TPSA) is 84.5 Å². The highest BCUT2D eigenvalue weighted by molar-refractivity contribution is 7.89. The molecule has 2 N–H and O–H groups in total. The van der Waals surface area contributed by atoms with Gasteiger partial charge in [0.15, 0.2) is 0 Å². The molecule has 1 fully saturated rings. The second-order valence-electron chi connectivity index (χ2n) is 6.98. The first kappa shape index (κ1) is 20.5. The number of carbonyl (C=O) groups excluding carboxylic acids is 1. The lowest BCUT2D eigenvalue weighted by molar-refractivity contribution is 0.0483. The molecule has 0 bridgehead atoms. The molecule has 1 amide bonds. The maximum atomic E-state index is 12.1. The van der Waals surface area contributed by atoms with E-state index in [1.165, 1.54) is 0 Å². The largest absolute Gasteiger partial charge is 0.444 e. The van der Waals surface area contributed by atoms with E-state index in [9.17, 15) is 13.2 Å². The number of rotatable bonds is 7. The molecule has 23 heavy (non-hydrogen) atoms. The van der Waals surface area contributed by atoms with Gasteiger partial charge < -0.3 is 10.1 Å². The van der Waals surface area contributed by atoms with Gasteiger partial charge in [-0.05, 0) is 46.5 Å². The fourth-order valence-corrected chi connectivity index (χ4v) is 4.21. The van der Waals surface area contributed by atoms with Gasteiger partial charge in [-0.15, -0.1) is 11.6 Å². The maximum absolute atomic E-state index is 12.1. The Labute approximate surface area is 144 Å². The lowest BCUT2D eigenvalue weighted by atomic mass is 9.91. The second kappa shape index (κ2) is 9.08. The summed E-state index contributed by atoms with van der Waals surface area (Å²) in [4.78, 5) is 11.9. The molecule has 0 heterocycles. The number of hydrogen-bond acceptors (Lipinski definition) is 4. The van der Waals surface area contributed by atoms with Crippen LogP contribution >= 0.6 is 11.6 Å². The molecule has 0 aromatic rings. The Morgan fingerprint density at radius 3 is 2.35 bits per heavy atom. The SMILES string of the molecule is CC(C)(C)OC(=O)NC1CCCCC1NS(=O)(=O)CCCCCl. The van der Waals surface area contributed by atoms with Crippen LogP contribution in [0.4, 0.5) is 4.79 Å². The molecule has 6 nitrogen and oxygen atoms in total. The number of alkyl halides is 1. The molecule has 2 atom stereocenters. The van der Waals surface area contributed by atoms with Crippen molar-refractivity contribution < 1.29 is 17.9 Å². The van der Waals surface area contributed by atoms with E-state index in [1.54, 1.807) is 20.8 Å². The van der Waals surface area contributed by atoms with Crippen LogP contribution in [0.3, 0.4) is 0 Å². The van der Waals surface area contributed by atoms with Crippen molar-refractivity contribution in [2.75, 3.05) is 11.6 Å². The summed E-state index contributed by atoms with van der Waals surface area (Å²) in [6.07, 6.45) is 4.08. The highest BCUT2D eigenvalue weighted by Gasteiger charge is 2.31. The number of carbonyl (C=O) groups is 1. The summed E-state index contributed by atoms with van der Waals surface area (Å²) in [5.74, 6) is 0.525. The monoisotopic (exact) mass is 368 g/mol. The van der Waals surface area contributed by atoms with Crippen molar-refractivity contribution in [3.05, 3.63) is 0 Å². The molecule has 0 aromatic carbocycles. The molecule has 1 rings (SSSR count). The predicted molar refractivity (Wildman–Crippen MR) is 92.3 cm³/mol. The first-order chi connectivity index (χ1) is 10.6. The van der Waals surface area contributed by atoms with E-state index in [2.05, 4.69) is 10.0 Å². The van der Waals surface area contributed by atoms with Crippen molar-refractivity contribution in [2.45, 2.75) is 77.0 Å². The van der Waals surface area contributed by atoms with Gasteiger partial charge in [0.05, 0.1) is 5.75 Å². The minimum atomic E-state index is -3.36. The maximum Gasteiger partial charge on any atom is 0.407 e. The summed E-state index contributed by atoms with van der Waals surface area (Å²) in [6, 6.07) is -0.515. The van der Waals surface area contributed by atoms with Gasteiger partial charge in [-0.2, -0.15) is 0 Å². The lowest BCUT2D eigenvalue weighted by Crippen LogP contribution is -2.54. The van der Waals surface area contributed by atoms with Crippen LogP contribution in [0.25, 0.3) is 0 Å². The number of halogens is 1. The van der Waals surface area contributed by atoms with Crippen LogP contribution in [-0.4, -0.2) is 43.8 Å². The van der Waals surface area contributed by atoms with E-state index in [1.807, 2.05) is 0 Å². The first-order valence-corrected chi connectivity index (χ1v) is 10.4. The standard InChI is InChI=1S/C15H29ClN2O4S/c1-15(2,3)22-14(19)17-12-8-4-5-9-13(12)18-23(20,21)11-7-6-10-16/h12-13,18H,4-11H2,1-3H3,(H,17,19). The summed E-state index contributed by atoms with van der Waals surface area (Å²) < 4.78 is 32.3. The van der Waals surface area contributed by atoms with Crippen molar-refractivity contribution in [1.29, 1.82) is 0 Å². The van der Waals surface area contributed by atoms with Gasteiger partial charge >= 0.3 is 6.09 Å². The van der Waals surface area contributed by atoms with Gasteiger partial charge in [-0.3, -0.25) is 0 Å². The van der Waals surface area contributed by atoms with Crippen molar-refractivity contribution in [3.63, 3.8) is 0 Å².